The average molecular weight is 496 g/mol. The minimum absolute atomic E-state index is 0. The van der Waals surface area contributed by atoms with Crippen molar-refractivity contribution >= 4 is 56.6 Å². The first-order chi connectivity index (χ1) is 15.1. The molecule has 172 valence electrons. The van der Waals surface area contributed by atoms with E-state index in [1.165, 1.54) is 11.3 Å². The Kier molecular flexibility index (Phi) is 9.13. The van der Waals surface area contributed by atoms with Gasteiger partial charge in [0.1, 0.15) is 5.75 Å². The average Bonchev–Trinajstić information content (AvgIpc) is 3.19. The van der Waals surface area contributed by atoms with E-state index in [-0.39, 0.29) is 24.7 Å². The number of para-hydroxylation sites is 1. The van der Waals surface area contributed by atoms with Crippen molar-refractivity contribution in [1.82, 2.24) is 9.88 Å². The Bertz CT molecular complexity index is 1030. The Balaban J connectivity index is 0.00000289. The zero-order valence-electron chi connectivity index (χ0n) is 18.0. The van der Waals surface area contributed by atoms with Crippen LogP contribution in [0.5, 0.6) is 5.75 Å². The predicted octanol–water partition coefficient (Wildman–Crippen LogP) is 4.81. The lowest BCUT2D eigenvalue weighted by Gasteiger charge is -2.29. The summed E-state index contributed by atoms with van der Waals surface area (Å²) in [5.41, 5.74) is 1.91. The molecule has 1 aliphatic heterocycles. The SMILES string of the molecule is Cc1cc(Cl)cc2sc(N(CCN3CCOCC3)C(=O)CCOc3ccccc3)nc12.Cl. The molecule has 2 aromatic carbocycles. The van der Waals surface area contributed by atoms with E-state index in [2.05, 4.69) is 4.90 Å². The Labute approximate surface area is 203 Å². The second-order valence-electron chi connectivity index (χ2n) is 7.48. The van der Waals surface area contributed by atoms with Crippen molar-refractivity contribution in [3.63, 3.8) is 0 Å². The summed E-state index contributed by atoms with van der Waals surface area (Å²) in [7, 11) is 0. The number of benzene rings is 2. The van der Waals surface area contributed by atoms with Crippen LogP contribution in [0, 0.1) is 6.92 Å². The lowest BCUT2D eigenvalue weighted by atomic mass is 10.2. The fraction of sp³-hybridized carbons (Fsp3) is 0.391. The molecule has 1 saturated heterocycles. The summed E-state index contributed by atoms with van der Waals surface area (Å²) < 4.78 is 12.2. The molecule has 1 aromatic heterocycles. The molecule has 0 atom stereocenters. The molecular formula is C23H27Cl2N3O3S. The zero-order chi connectivity index (χ0) is 21.6. The fourth-order valence-electron chi connectivity index (χ4n) is 3.56. The van der Waals surface area contributed by atoms with Gasteiger partial charge in [0.25, 0.3) is 0 Å². The van der Waals surface area contributed by atoms with Gasteiger partial charge in [0.15, 0.2) is 5.13 Å². The molecule has 32 heavy (non-hydrogen) atoms. The quantitative estimate of drug-likeness (QED) is 0.448. The highest BCUT2D eigenvalue weighted by atomic mass is 35.5. The van der Waals surface area contributed by atoms with Gasteiger partial charge in [-0.2, -0.15) is 0 Å². The first-order valence-electron chi connectivity index (χ1n) is 10.4. The van der Waals surface area contributed by atoms with Crippen LogP contribution in [-0.4, -0.2) is 61.8 Å². The van der Waals surface area contributed by atoms with Gasteiger partial charge in [0.05, 0.1) is 36.5 Å². The van der Waals surface area contributed by atoms with E-state index >= 15 is 0 Å². The number of carbonyl (C=O) groups is 1. The van der Waals surface area contributed by atoms with Crippen LogP contribution in [0.1, 0.15) is 12.0 Å². The van der Waals surface area contributed by atoms with Crippen LogP contribution in [0.25, 0.3) is 10.2 Å². The molecule has 0 aliphatic carbocycles. The van der Waals surface area contributed by atoms with Crippen molar-refractivity contribution < 1.29 is 14.3 Å². The Morgan fingerprint density at radius 3 is 2.75 bits per heavy atom. The Morgan fingerprint density at radius 2 is 2.00 bits per heavy atom. The van der Waals surface area contributed by atoms with Crippen molar-refractivity contribution in [3.05, 3.63) is 53.1 Å². The molecular weight excluding hydrogens is 469 g/mol. The van der Waals surface area contributed by atoms with Crippen LogP contribution in [0.15, 0.2) is 42.5 Å². The molecule has 0 saturated carbocycles. The second kappa shape index (κ2) is 11.8. The largest absolute Gasteiger partial charge is 0.493 e. The highest BCUT2D eigenvalue weighted by molar-refractivity contribution is 7.22. The molecule has 0 spiro atoms. The number of morpholine rings is 1. The van der Waals surface area contributed by atoms with Crippen LogP contribution in [0.2, 0.25) is 5.02 Å². The van der Waals surface area contributed by atoms with Crippen LogP contribution in [0.3, 0.4) is 0 Å². The third-order valence-corrected chi connectivity index (χ3v) is 6.49. The first-order valence-corrected chi connectivity index (χ1v) is 11.6. The molecule has 9 heteroatoms. The molecule has 1 amide bonds. The molecule has 0 unspecified atom stereocenters. The standard InChI is InChI=1S/C23H26ClN3O3S.ClH/c1-17-15-18(24)16-20-22(17)25-23(31-20)27(9-8-26-10-13-29-14-11-26)21(28)7-12-30-19-5-3-2-4-6-19;/h2-6,15-16H,7-14H2,1H3;1H. The van der Waals surface area contributed by atoms with E-state index in [1.807, 2.05) is 49.4 Å². The highest BCUT2D eigenvalue weighted by Gasteiger charge is 2.22. The number of ether oxygens (including phenoxy) is 2. The molecule has 0 radical (unpaired) electrons. The van der Waals surface area contributed by atoms with Crippen molar-refractivity contribution in [2.75, 3.05) is 50.9 Å². The number of thiazole rings is 1. The van der Waals surface area contributed by atoms with E-state index in [4.69, 9.17) is 26.1 Å². The molecule has 1 fully saturated rings. The second-order valence-corrected chi connectivity index (χ2v) is 8.92. The maximum absolute atomic E-state index is 13.2. The van der Waals surface area contributed by atoms with Gasteiger partial charge in [-0.3, -0.25) is 14.6 Å². The van der Waals surface area contributed by atoms with Crippen LogP contribution >= 0.6 is 35.3 Å². The summed E-state index contributed by atoms with van der Waals surface area (Å²) >= 11 is 7.73. The number of fused-ring (bicyclic) bond motifs is 1. The molecule has 0 bridgehead atoms. The molecule has 2 heterocycles. The van der Waals surface area contributed by atoms with Gasteiger partial charge < -0.3 is 9.47 Å². The van der Waals surface area contributed by atoms with Crippen LogP contribution in [0.4, 0.5) is 5.13 Å². The predicted molar refractivity (Wildman–Crippen MR) is 133 cm³/mol. The Hall–Kier alpha value is -1.90. The van der Waals surface area contributed by atoms with E-state index in [1.54, 1.807) is 4.90 Å². The lowest BCUT2D eigenvalue weighted by Crippen LogP contribution is -2.43. The van der Waals surface area contributed by atoms with Gasteiger partial charge in [-0.25, -0.2) is 4.98 Å². The first kappa shape index (κ1) is 24.7. The number of rotatable bonds is 8. The Morgan fingerprint density at radius 1 is 1.25 bits per heavy atom. The summed E-state index contributed by atoms with van der Waals surface area (Å²) in [4.78, 5) is 22.1. The van der Waals surface area contributed by atoms with Crippen molar-refractivity contribution in [3.8, 4) is 5.75 Å². The van der Waals surface area contributed by atoms with E-state index in [0.29, 0.717) is 23.3 Å². The number of nitrogens with zero attached hydrogens (tertiary/aromatic N) is 3. The van der Waals surface area contributed by atoms with E-state index < -0.39 is 0 Å². The summed E-state index contributed by atoms with van der Waals surface area (Å²) in [6.45, 7) is 6.91. The number of aryl methyl sites for hydroxylation is 1. The number of carbonyl (C=O) groups excluding carboxylic acids is 1. The number of hydrogen-bond acceptors (Lipinski definition) is 6. The van der Waals surface area contributed by atoms with Gasteiger partial charge in [-0.15, -0.1) is 12.4 Å². The summed E-state index contributed by atoms with van der Waals surface area (Å²) in [6, 6.07) is 13.4. The van der Waals surface area contributed by atoms with Gasteiger partial charge in [-0.05, 0) is 36.8 Å². The van der Waals surface area contributed by atoms with E-state index in [0.717, 1.165) is 54.4 Å². The summed E-state index contributed by atoms with van der Waals surface area (Å²) in [6.07, 6.45) is 0.285. The smallest absolute Gasteiger partial charge is 0.232 e. The number of hydrogen-bond donors (Lipinski definition) is 0. The maximum Gasteiger partial charge on any atom is 0.232 e. The van der Waals surface area contributed by atoms with Gasteiger partial charge in [-0.1, -0.05) is 41.1 Å². The number of amides is 1. The monoisotopic (exact) mass is 495 g/mol. The van der Waals surface area contributed by atoms with Crippen LogP contribution in [-0.2, 0) is 9.53 Å². The van der Waals surface area contributed by atoms with Gasteiger partial charge in [0, 0.05) is 31.2 Å². The molecule has 0 N–H and O–H groups in total. The maximum atomic E-state index is 13.2. The molecule has 1 aliphatic rings. The highest BCUT2D eigenvalue weighted by Crippen LogP contribution is 2.33. The van der Waals surface area contributed by atoms with Crippen LogP contribution < -0.4 is 9.64 Å². The zero-order valence-corrected chi connectivity index (χ0v) is 20.3. The topological polar surface area (TPSA) is 54.9 Å². The molecule has 4 rings (SSSR count). The molecule has 6 nitrogen and oxygen atoms in total. The molecule has 3 aromatic rings. The van der Waals surface area contributed by atoms with Gasteiger partial charge in [0.2, 0.25) is 5.91 Å². The van der Waals surface area contributed by atoms with Gasteiger partial charge >= 0.3 is 0 Å². The summed E-state index contributed by atoms with van der Waals surface area (Å²) in [5, 5.41) is 1.39. The number of aromatic nitrogens is 1. The third kappa shape index (κ3) is 6.33. The fourth-order valence-corrected chi connectivity index (χ4v) is 5.02. The number of anilines is 1. The normalized spacial score (nSPS) is 14.2. The minimum atomic E-state index is 0. The van der Waals surface area contributed by atoms with E-state index in [9.17, 15) is 4.79 Å². The number of halogens is 2. The third-order valence-electron chi connectivity index (χ3n) is 5.24. The summed E-state index contributed by atoms with van der Waals surface area (Å²) in [5.74, 6) is 0.771. The minimum Gasteiger partial charge on any atom is -0.493 e. The van der Waals surface area contributed by atoms with Crippen molar-refractivity contribution in [1.29, 1.82) is 0 Å². The lowest BCUT2D eigenvalue weighted by molar-refractivity contribution is -0.119. The van der Waals surface area contributed by atoms with Crippen molar-refractivity contribution in [2.45, 2.75) is 13.3 Å². The van der Waals surface area contributed by atoms with Crippen molar-refractivity contribution in [2.24, 2.45) is 0 Å².